The average Bonchev–Trinajstić information content (AvgIpc) is 2.98. The zero-order valence-corrected chi connectivity index (χ0v) is 10.1. The summed E-state index contributed by atoms with van der Waals surface area (Å²) < 4.78 is 15.9. The van der Waals surface area contributed by atoms with Crippen LogP contribution in [0.15, 0.2) is 4.52 Å². The quantitative estimate of drug-likeness (QED) is 0.794. The fourth-order valence-corrected chi connectivity index (χ4v) is 1.82. The molecule has 96 valence electrons. The Morgan fingerprint density at radius 1 is 1.59 bits per heavy atom. The molecule has 2 N–H and O–H groups in total. The Bertz CT molecular complexity index is 336. The molecule has 0 aromatic carbocycles. The minimum Gasteiger partial charge on any atom is -0.380 e. The van der Waals surface area contributed by atoms with Gasteiger partial charge in [0.15, 0.2) is 5.82 Å². The molecule has 0 amide bonds. The van der Waals surface area contributed by atoms with E-state index in [2.05, 4.69) is 10.1 Å². The zero-order valence-electron chi connectivity index (χ0n) is 10.1. The topological polar surface area (TPSA) is 83.4 Å². The maximum atomic E-state index is 5.86. The summed E-state index contributed by atoms with van der Waals surface area (Å²) in [5.74, 6) is 1.10. The van der Waals surface area contributed by atoms with E-state index < -0.39 is 0 Å². The van der Waals surface area contributed by atoms with Crippen molar-refractivity contribution in [3.8, 4) is 0 Å². The van der Waals surface area contributed by atoms with Crippen molar-refractivity contribution in [2.24, 2.45) is 5.73 Å². The van der Waals surface area contributed by atoms with E-state index in [1.54, 1.807) is 0 Å². The van der Waals surface area contributed by atoms with Crippen LogP contribution in [0.4, 0.5) is 0 Å². The van der Waals surface area contributed by atoms with Gasteiger partial charge in [-0.25, -0.2) is 0 Å². The third-order valence-electron chi connectivity index (χ3n) is 2.74. The Morgan fingerprint density at radius 3 is 3.18 bits per heavy atom. The van der Waals surface area contributed by atoms with Crippen LogP contribution in [0.3, 0.4) is 0 Å². The van der Waals surface area contributed by atoms with Crippen molar-refractivity contribution in [3.05, 3.63) is 11.7 Å². The average molecular weight is 241 g/mol. The molecule has 0 bridgehead atoms. The highest BCUT2D eigenvalue weighted by atomic mass is 16.5. The van der Waals surface area contributed by atoms with Gasteiger partial charge in [0.2, 0.25) is 5.89 Å². The van der Waals surface area contributed by atoms with Crippen molar-refractivity contribution in [1.82, 2.24) is 10.1 Å². The second kappa shape index (κ2) is 6.09. The minimum atomic E-state index is -0.322. The van der Waals surface area contributed by atoms with E-state index in [1.165, 1.54) is 0 Å². The number of rotatable bonds is 6. The highest BCUT2D eigenvalue weighted by Gasteiger charge is 2.20. The molecule has 1 saturated heterocycles. The van der Waals surface area contributed by atoms with E-state index in [4.69, 9.17) is 19.7 Å². The van der Waals surface area contributed by atoms with Gasteiger partial charge in [-0.15, -0.1) is 0 Å². The Labute approximate surface area is 100 Å². The van der Waals surface area contributed by atoms with E-state index in [0.717, 1.165) is 19.4 Å². The van der Waals surface area contributed by atoms with Crippen LogP contribution in [-0.2, 0) is 15.9 Å². The molecule has 2 rings (SSSR count). The van der Waals surface area contributed by atoms with Crippen LogP contribution in [0.5, 0.6) is 0 Å². The first-order valence-electron chi connectivity index (χ1n) is 6.07. The first kappa shape index (κ1) is 12.5. The molecule has 2 atom stereocenters. The molecule has 0 spiro atoms. The predicted molar refractivity (Wildman–Crippen MR) is 60.4 cm³/mol. The lowest BCUT2D eigenvalue weighted by Crippen LogP contribution is -2.18. The second-order valence-corrected chi connectivity index (χ2v) is 4.15. The van der Waals surface area contributed by atoms with Gasteiger partial charge in [0.1, 0.15) is 0 Å². The van der Waals surface area contributed by atoms with Crippen molar-refractivity contribution in [3.63, 3.8) is 0 Å². The second-order valence-electron chi connectivity index (χ2n) is 4.15. The fraction of sp³-hybridized carbons (Fsp3) is 0.818. The molecule has 1 aliphatic heterocycles. The predicted octanol–water partition coefficient (Wildman–Crippen LogP) is 0.827. The van der Waals surface area contributed by atoms with E-state index in [1.807, 2.05) is 6.92 Å². The maximum Gasteiger partial charge on any atom is 0.229 e. The van der Waals surface area contributed by atoms with Crippen LogP contribution < -0.4 is 5.73 Å². The largest absolute Gasteiger partial charge is 0.380 e. The summed E-state index contributed by atoms with van der Waals surface area (Å²) >= 11 is 0. The van der Waals surface area contributed by atoms with Gasteiger partial charge in [0.05, 0.1) is 25.2 Å². The lowest BCUT2D eigenvalue weighted by molar-refractivity contribution is 0.104. The molecule has 6 heteroatoms. The summed E-state index contributed by atoms with van der Waals surface area (Å²) in [6.45, 7) is 3.80. The summed E-state index contributed by atoms with van der Waals surface area (Å²) in [4.78, 5) is 4.26. The summed E-state index contributed by atoms with van der Waals surface area (Å²) in [6, 6.07) is -0.322. The summed E-state index contributed by atoms with van der Waals surface area (Å²) in [5.41, 5.74) is 5.86. The number of aromatic nitrogens is 2. The molecule has 17 heavy (non-hydrogen) atoms. The molecule has 0 saturated carbocycles. The van der Waals surface area contributed by atoms with Gasteiger partial charge in [-0.05, 0) is 19.8 Å². The summed E-state index contributed by atoms with van der Waals surface area (Å²) in [5, 5.41) is 3.86. The molecule has 1 aliphatic rings. The van der Waals surface area contributed by atoms with Gasteiger partial charge in [-0.3, -0.25) is 0 Å². The minimum absolute atomic E-state index is 0.214. The first-order valence-corrected chi connectivity index (χ1v) is 6.07. The Balaban J connectivity index is 1.86. The molecule has 1 fully saturated rings. The van der Waals surface area contributed by atoms with Crippen LogP contribution in [0.1, 0.15) is 37.5 Å². The molecule has 0 radical (unpaired) electrons. The molecule has 6 nitrogen and oxygen atoms in total. The third-order valence-corrected chi connectivity index (χ3v) is 2.74. The molecular weight excluding hydrogens is 222 g/mol. The Morgan fingerprint density at radius 2 is 2.47 bits per heavy atom. The van der Waals surface area contributed by atoms with Crippen LogP contribution in [0.2, 0.25) is 0 Å². The highest BCUT2D eigenvalue weighted by molar-refractivity contribution is 4.94. The Hall–Kier alpha value is -0.980. The third kappa shape index (κ3) is 3.49. The molecular formula is C11H19N3O3. The lowest BCUT2D eigenvalue weighted by atomic mass is 10.2. The van der Waals surface area contributed by atoms with Crippen molar-refractivity contribution < 1.29 is 14.0 Å². The fourth-order valence-electron chi connectivity index (χ4n) is 1.82. The van der Waals surface area contributed by atoms with Gasteiger partial charge < -0.3 is 19.7 Å². The maximum absolute atomic E-state index is 5.86. The van der Waals surface area contributed by atoms with E-state index in [-0.39, 0.29) is 12.1 Å². The van der Waals surface area contributed by atoms with Crippen LogP contribution >= 0.6 is 0 Å². The van der Waals surface area contributed by atoms with Crippen LogP contribution in [-0.4, -0.2) is 36.1 Å². The van der Waals surface area contributed by atoms with Gasteiger partial charge in [0.25, 0.3) is 0 Å². The standard InChI is InChI=1S/C11H19N3O3/c1-2-15-7-9(12)11-13-10(17-14-11)6-8-4-3-5-16-8/h8-9H,2-7,12H2,1H3. The molecule has 1 aromatic rings. The van der Waals surface area contributed by atoms with Gasteiger partial charge in [-0.1, -0.05) is 5.16 Å². The molecule has 1 aromatic heterocycles. The van der Waals surface area contributed by atoms with Crippen molar-refractivity contribution in [2.75, 3.05) is 19.8 Å². The normalized spacial score (nSPS) is 21.9. The SMILES string of the molecule is CCOCC(N)c1noc(CC2CCCO2)n1. The van der Waals surface area contributed by atoms with Crippen LogP contribution in [0, 0.1) is 0 Å². The number of hydrogen-bond acceptors (Lipinski definition) is 6. The summed E-state index contributed by atoms with van der Waals surface area (Å²) in [6.07, 6.45) is 3.05. The van der Waals surface area contributed by atoms with Crippen molar-refractivity contribution in [2.45, 2.75) is 38.3 Å². The van der Waals surface area contributed by atoms with E-state index in [0.29, 0.717) is 31.3 Å². The van der Waals surface area contributed by atoms with E-state index >= 15 is 0 Å². The Kier molecular flexibility index (Phi) is 4.47. The van der Waals surface area contributed by atoms with Crippen molar-refractivity contribution >= 4 is 0 Å². The molecule has 2 heterocycles. The monoisotopic (exact) mass is 241 g/mol. The number of ether oxygens (including phenoxy) is 2. The van der Waals surface area contributed by atoms with E-state index in [9.17, 15) is 0 Å². The van der Waals surface area contributed by atoms with Gasteiger partial charge in [0, 0.05) is 13.2 Å². The zero-order chi connectivity index (χ0) is 12.1. The molecule has 0 aliphatic carbocycles. The number of nitrogens with zero attached hydrogens (tertiary/aromatic N) is 2. The van der Waals surface area contributed by atoms with Gasteiger partial charge >= 0.3 is 0 Å². The van der Waals surface area contributed by atoms with Gasteiger partial charge in [-0.2, -0.15) is 4.98 Å². The van der Waals surface area contributed by atoms with Crippen molar-refractivity contribution in [1.29, 1.82) is 0 Å². The van der Waals surface area contributed by atoms with Crippen LogP contribution in [0.25, 0.3) is 0 Å². The molecule has 2 unspecified atom stereocenters. The highest BCUT2D eigenvalue weighted by Crippen LogP contribution is 2.17. The number of hydrogen-bond donors (Lipinski definition) is 1. The first-order chi connectivity index (χ1) is 8.29. The lowest BCUT2D eigenvalue weighted by Gasteiger charge is -2.06. The smallest absolute Gasteiger partial charge is 0.229 e. The summed E-state index contributed by atoms with van der Waals surface area (Å²) in [7, 11) is 0. The number of nitrogens with two attached hydrogens (primary N) is 1.